The Kier molecular flexibility index (Phi) is 3.99. The van der Waals surface area contributed by atoms with Crippen LogP contribution in [0.4, 0.5) is 0 Å². The number of nitrogens with zero attached hydrogens (tertiary/aromatic N) is 5. The van der Waals surface area contributed by atoms with Crippen molar-refractivity contribution in [3.05, 3.63) is 72.4 Å². The van der Waals surface area contributed by atoms with Gasteiger partial charge in [-0.15, -0.1) is 0 Å². The molecular weight excluding hydrogens is 398 g/mol. The average molecular weight is 416 g/mol. The zero-order valence-electron chi connectivity index (χ0n) is 16.1. The van der Waals surface area contributed by atoms with Crippen molar-refractivity contribution in [2.24, 2.45) is 5.92 Å². The lowest BCUT2D eigenvalue weighted by Crippen LogP contribution is -2.05. The van der Waals surface area contributed by atoms with E-state index in [-0.39, 0.29) is 0 Å². The summed E-state index contributed by atoms with van der Waals surface area (Å²) in [6, 6.07) is 13.8. The van der Waals surface area contributed by atoms with Crippen molar-refractivity contribution in [2.45, 2.75) is 12.8 Å². The van der Waals surface area contributed by atoms with Crippen molar-refractivity contribution in [1.29, 1.82) is 0 Å². The van der Waals surface area contributed by atoms with Crippen LogP contribution < -0.4 is 4.74 Å². The third kappa shape index (κ3) is 3.00. The smallest absolute Gasteiger partial charge is 0.226 e. The number of hydrogen-bond acceptors (Lipinski definition) is 4. The summed E-state index contributed by atoms with van der Waals surface area (Å²) in [5.74, 6) is 1.36. The molecule has 0 aliphatic heterocycles. The maximum absolute atomic E-state index is 6.26. The number of rotatable bonds is 5. The van der Waals surface area contributed by atoms with Crippen LogP contribution in [0.3, 0.4) is 0 Å². The first-order valence-corrected chi connectivity index (χ1v) is 10.3. The van der Waals surface area contributed by atoms with Gasteiger partial charge in [-0.2, -0.15) is 9.78 Å². The van der Waals surface area contributed by atoms with E-state index >= 15 is 0 Å². The molecule has 0 spiro atoms. The van der Waals surface area contributed by atoms with Crippen molar-refractivity contribution in [3.63, 3.8) is 0 Å². The van der Waals surface area contributed by atoms with Gasteiger partial charge in [-0.3, -0.25) is 4.98 Å². The Bertz CT molecular complexity index is 1350. The zero-order chi connectivity index (χ0) is 20.1. The molecule has 3 aromatic heterocycles. The third-order valence-corrected chi connectivity index (χ3v) is 5.72. The quantitative estimate of drug-likeness (QED) is 0.396. The van der Waals surface area contributed by atoms with Gasteiger partial charge in [0.15, 0.2) is 0 Å². The Labute approximate surface area is 177 Å². The molecule has 1 saturated carbocycles. The molecule has 1 aliphatic rings. The van der Waals surface area contributed by atoms with Crippen molar-refractivity contribution in [3.8, 4) is 17.3 Å². The highest BCUT2D eigenvalue weighted by molar-refractivity contribution is 6.30. The van der Waals surface area contributed by atoms with Gasteiger partial charge in [-0.1, -0.05) is 11.6 Å². The number of aromatic nitrogens is 5. The molecule has 1 fully saturated rings. The van der Waals surface area contributed by atoms with Crippen molar-refractivity contribution in [2.75, 3.05) is 6.61 Å². The molecule has 1 aliphatic carbocycles. The number of hydrogen-bond donors (Lipinski definition) is 0. The van der Waals surface area contributed by atoms with Gasteiger partial charge in [0.1, 0.15) is 5.52 Å². The summed E-state index contributed by atoms with van der Waals surface area (Å²) in [5.41, 5.74) is 3.67. The van der Waals surface area contributed by atoms with E-state index in [4.69, 9.17) is 21.4 Å². The lowest BCUT2D eigenvalue weighted by Gasteiger charge is -2.09. The molecule has 0 radical (unpaired) electrons. The van der Waals surface area contributed by atoms with E-state index in [0.29, 0.717) is 17.5 Å². The van der Waals surface area contributed by atoms with Crippen molar-refractivity contribution >= 4 is 33.4 Å². The first-order valence-electron chi connectivity index (χ1n) is 9.95. The Hall–Kier alpha value is -3.38. The van der Waals surface area contributed by atoms with Crippen molar-refractivity contribution in [1.82, 2.24) is 24.3 Å². The van der Waals surface area contributed by atoms with Gasteiger partial charge < -0.3 is 9.30 Å². The van der Waals surface area contributed by atoms with Gasteiger partial charge in [0.25, 0.3) is 0 Å². The number of benzene rings is 2. The van der Waals surface area contributed by atoms with Crippen LogP contribution in [0.1, 0.15) is 12.8 Å². The lowest BCUT2D eigenvalue weighted by molar-refractivity contribution is 0.283. The van der Waals surface area contributed by atoms with Gasteiger partial charge in [0.2, 0.25) is 5.88 Å². The summed E-state index contributed by atoms with van der Waals surface area (Å²) in [5, 5.41) is 7.51. The molecule has 30 heavy (non-hydrogen) atoms. The predicted octanol–water partition coefficient (Wildman–Crippen LogP) is 5.20. The molecule has 148 valence electrons. The molecule has 5 aromatic rings. The second-order valence-corrected chi connectivity index (χ2v) is 8.08. The fourth-order valence-electron chi connectivity index (χ4n) is 3.64. The maximum Gasteiger partial charge on any atom is 0.226 e. The highest BCUT2D eigenvalue weighted by atomic mass is 35.5. The van der Waals surface area contributed by atoms with E-state index in [1.54, 1.807) is 12.5 Å². The standard InChI is InChI=1S/C23H18ClN5O/c24-16-3-5-17(6-4-16)29-23(30-13-15-1-2-15)20-12-26-21-8-7-18(28-10-9-25-14-28)11-19(21)22(20)27-29/h3-12,14-15H,1-2,13H2. The van der Waals surface area contributed by atoms with Gasteiger partial charge in [-0.05, 0) is 61.2 Å². The van der Waals surface area contributed by atoms with Crippen LogP contribution >= 0.6 is 11.6 Å². The van der Waals surface area contributed by atoms with Crippen LogP contribution in [0.25, 0.3) is 33.2 Å². The molecule has 0 atom stereocenters. The molecule has 3 heterocycles. The van der Waals surface area contributed by atoms with Crippen LogP contribution in [0.2, 0.25) is 5.02 Å². The summed E-state index contributed by atoms with van der Waals surface area (Å²) in [6.45, 7) is 0.696. The molecule has 0 amide bonds. The second kappa shape index (κ2) is 6.85. The second-order valence-electron chi connectivity index (χ2n) is 7.64. The Morgan fingerprint density at radius 2 is 1.87 bits per heavy atom. The minimum absolute atomic E-state index is 0.634. The van der Waals surface area contributed by atoms with Crippen LogP contribution in [0.15, 0.2) is 67.4 Å². The zero-order valence-corrected chi connectivity index (χ0v) is 16.8. The number of halogens is 1. The van der Waals surface area contributed by atoms with E-state index in [1.165, 1.54) is 12.8 Å². The maximum atomic E-state index is 6.26. The number of ether oxygens (including phenoxy) is 1. The monoisotopic (exact) mass is 415 g/mol. The molecule has 7 heteroatoms. The molecule has 0 saturated heterocycles. The number of imidazole rings is 1. The fourth-order valence-corrected chi connectivity index (χ4v) is 3.77. The first-order chi connectivity index (χ1) is 14.8. The largest absolute Gasteiger partial charge is 0.477 e. The summed E-state index contributed by atoms with van der Waals surface area (Å²) in [4.78, 5) is 8.83. The summed E-state index contributed by atoms with van der Waals surface area (Å²) >= 11 is 6.09. The van der Waals surface area contributed by atoms with Gasteiger partial charge in [-0.25, -0.2) is 4.98 Å². The minimum atomic E-state index is 0.634. The van der Waals surface area contributed by atoms with Gasteiger partial charge >= 0.3 is 0 Å². The van der Waals surface area contributed by atoms with Crippen molar-refractivity contribution < 1.29 is 4.74 Å². The minimum Gasteiger partial charge on any atom is -0.477 e. The molecule has 6 rings (SSSR count). The normalized spacial score (nSPS) is 13.9. The Morgan fingerprint density at radius 1 is 1.03 bits per heavy atom. The van der Waals surface area contributed by atoms with Crippen LogP contribution in [0, 0.1) is 5.92 Å². The van der Waals surface area contributed by atoms with E-state index in [1.807, 2.05) is 58.0 Å². The molecule has 0 bridgehead atoms. The van der Waals surface area contributed by atoms with Gasteiger partial charge in [0, 0.05) is 34.7 Å². The SMILES string of the molecule is Clc1ccc(-n2nc3c(cnc4ccc(-n5ccnc5)cc43)c2OCC2CC2)cc1. The van der Waals surface area contributed by atoms with E-state index in [9.17, 15) is 0 Å². The predicted molar refractivity (Wildman–Crippen MR) is 117 cm³/mol. The fraction of sp³-hybridized carbons (Fsp3) is 0.174. The molecular formula is C23H18ClN5O. The number of fused-ring (bicyclic) bond motifs is 3. The average Bonchev–Trinajstić information content (AvgIpc) is 3.29. The molecule has 6 nitrogen and oxygen atoms in total. The summed E-state index contributed by atoms with van der Waals surface area (Å²) < 4.78 is 10.1. The molecule has 0 N–H and O–H groups in total. The molecule has 2 aromatic carbocycles. The van der Waals surface area contributed by atoms with E-state index in [0.717, 1.165) is 39.1 Å². The highest BCUT2D eigenvalue weighted by Crippen LogP contribution is 2.36. The lowest BCUT2D eigenvalue weighted by atomic mass is 10.1. The van der Waals surface area contributed by atoms with E-state index < -0.39 is 0 Å². The summed E-state index contributed by atoms with van der Waals surface area (Å²) in [7, 11) is 0. The van der Waals surface area contributed by atoms with E-state index in [2.05, 4.69) is 16.0 Å². The van der Waals surface area contributed by atoms with Crippen LogP contribution in [0.5, 0.6) is 5.88 Å². The third-order valence-electron chi connectivity index (χ3n) is 5.47. The Morgan fingerprint density at radius 3 is 2.63 bits per heavy atom. The highest BCUT2D eigenvalue weighted by Gasteiger charge is 2.24. The number of pyridine rings is 1. The van der Waals surface area contributed by atoms with Crippen LogP contribution in [-0.2, 0) is 0 Å². The first kappa shape index (κ1) is 17.5. The molecule has 0 unspecified atom stereocenters. The van der Waals surface area contributed by atoms with Crippen LogP contribution in [-0.4, -0.2) is 30.9 Å². The Balaban J connectivity index is 1.57. The topological polar surface area (TPSA) is 57.8 Å². The summed E-state index contributed by atoms with van der Waals surface area (Å²) in [6.07, 6.45) is 9.78. The van der Waals surface area contributed by atoms with Gasteiger partial charge in [0.05, 0.1) is 29.5 Å².